The lowest BCUT2D eigenvalue weighted by molar-refractivity contribution is 0.534. The fourth-order valence-electron chi connectivity index (χ4n) is 1.33. The SMILES string of the molecule is Cc1ccc(F)c(CNCC(C)C)c1. The van der Waals surface area contributed by atoms with Crippen LogP contribution in [0.15, 0.2) is 18.2 Å². The predicted molar refractivity (Wildman–Crippen MR) is 57.7 cm³/mol. The third-order valence-electron chi connectivity index (χ3n) is 2.07. The molecule has 0 bridgehead atoms. The minimum atomic E-state index is -0.119. The summed E-state index contributed by atoms with van der Waals surface area (Å²) in [4.78, 5) is 0. The molecule has 2 heteroatoms. The van der Waals surface area contributed by atoms with Crippen molar-refractivity contribution in [2.24, 2.45) is 5.92 Å². The molecule has 0 unspecified atom stereocenters. The number of halogens is 1. The molecule has 0 radical (unpaired) electrons. The second-order valence-electron chi connectivity index (χ2n) is 4.12. The molecule has 0 saturated carbocycles. The molecule has 1 aromatic carbocycles. The van der Waals surface area contributed by atoms with Crippen molar-refractivity contribution >= 4 is 0 Å². The van der Waals surface area contributed by atoms with Gasteiger partial charge in [0.2, 0.25) is 0 Å². The third-order valence-corrected chi connectivity index (χ3v) is 2.07. The topological polar surface area (TPSA) is 12.0 Å². The summed E-state index contributed by atoms with van der Waals surface area (Å²) in [6, 6.07) is 5.21. The molecule has 0 aliphatic carbocycles. The molecule has 0 fully saturated rings. The van der Waals surface area contributed by atoms with E-state index in [4.69, 9.17) is 0 Å². The zero-order valence-electron chi connectivity index (χ0n) is 9.10. The molecule has 0 aromatic heterocycles. The summed E-state index contributed by atoms with van der Waals surface area (Å²) in [6.45, 7) is 7.80. The second-order valence-corrected chi connectivity index (χ2v) is 4.12. The summed E-state index contributed by atoms with van der Waals surface area (Å²) >= 11 is 0. The number of benzene rings is 1. The minimum Gasteiger partial charge on any atom is -0.312 e. The lowest BCUT2D eigenvalue weighted by atomic mass is 10.1. The number of nitrogens with one attached hydrogen (secondary N) is 1. The quantitative estimate of drug-likeness (QED) is 0.779. The fourth-order valence-corrected chi connectivity index (χ4v) is 1.33. The summed E-state index contributed by atoms with van der Waals surface area (Å²) in [7, 11) is 0. The zero-order valence-corrected chi connectivity index (χ0v) is 9.10. The maximum Gasteiger partial charge on any atom is 0.127 e. The number of aryl methyl sites for hydroxylation is 1. The average molecular weight is 195 g/mol. The highest BCUT2D eigenvalue weighted by Gasteiger charge is 2.01. The lowest BCUT2D eigenvalue weighted by Crippen LogP contribution is -2.19. The summed E-state index contributed by atoms with van der Waals surface area (Å²) in [5, 5.41) is 3.23. The molecule has 0 spiro atoms. The van der Waals surface area contributed by atoms with Crippen molar-refractivity contribution in [3.63, 3.8) is 0 Å². The first-order valence-electron chi connectivity index (χ1n) is 5.05. The van der Waals surface area contributed by atoms with Gasteiger partial charge in [0.1, 0.15) is 5.82 Å². The Morgan fingerprint density at radius 1 is 1.36 bits per heavy atom. The van der Waals surface area contributed by atoms with Crippen molar-refractivity contribution < 1.29 is 4.39 Å². The van der Waals surface area contributed by atoms with Gasteiger partial charge < -0.3 is 5.32 Å². The fraction of sp³-hybridized carbons (Fsp3) is 0.500. The average Bonchev–Trinajstić information content (AvgIpc) is 2.10. The maximum absolute atomic E-state index is 13.3. The third kappa shape index (κ3) is 3.46. The molecular formula is C12H18FN. The molecule has 78 valence electrons. The van der Waals surface area contributed by atoms with Gasteiger partial charge in [0.05, 0.1) is 0 Å². The summed E-state index contributed by atoms with van der Waals surface area (Å²) < 4.78 is 13.3. The monoisotopic (exact) mass is 195 g/mol. The van der Waals surface area contributed by atoms with E-state index in [0.29, 0.717) is 12.5 Å². The minimum absolute atomic E-state index is 0.119. The van der Waals surface area contributed by atoms with E-state index in [2.05, 4.69) is 19.2 Å². The Morgan fingerprint density at radius 3 is 2.71 bits per heavy atom. The van der Waals surface area contributed by atoms with Crippen molar-refractivity contribution in [1.29, 1.82) is 0 Å². The van der Waals surface area contributed by atoms with Crippen molar-refractivity contribution in [3.05, 3.63) is 35.1 Å². The van der Waals surface area contributed by atoms with Gasteiger partial charge in [0.25, 0.3) is 0 Å². The van der Waals surface area contributed by atoms with Crippen molar-refractivity contribution in [2.75, 3.05) is 6.54 Å². The van der Waals surface area contributed by atoms with E-state index in [0.717, 1.165) is 17.7 Å². The van der Waals surface area contributed by atoms with Gasteiger partial charge in [-0.1, -0.05) is 31.5 Å². The number of hydrogen-bond donors (Lipinski definition) is 1. The molecule has 0 saturated heterocycles. The van der Waals surface area contributed by atoms with E-state index in [1.165, 1.54) is 6.07 Å². The van der Waals surface area contributed by atoms with Crippen LogP contribution in [0.25, 0.3) is 0 Å². The van der Waals surface area contributed by atoms with Crippen LogP contribution in [0.1, 0.15) is 25.0 Å². The molecule has 1 nitrogen and oxygen atoms in total. The zero-order chi connectivity index (χ0) is 10.6. The molecule has 1 rings (SSSR count). The first kappa shape index (κ1) is 11.2. The van der Waals surface area contributed by atoms with E-state index in [1.807, 2.05) is 13.0 Å². The number of hydrogen-bond acceptors (Lipinski definition) is 1. The Bertz CT molecular complexity index is 294. The smallest absolute Gasteiger partial charge is 0.127 e. The Labute approximate surface area is 85.3 Å². The van der Waals surface area contributed by atoms with Gasteiger partial charge in [-0.15, -0.1) is 0 Å². The largest absolute Gasteiger partial charge is 0.312 e. The molecule has 0 amide bonds. The van der Waals surface area contributed by atoms with Crippen LogP contribution in [0.5, 0.6) is 0 Å². The van der Waals surface area contributed by atoms with Crippen LogP contribution in [-0.4, -0.2) is 6.54 Å². The molecule has 1 N–H and O–H groups in total. The van der Waals surface area contributed by atoms with Gasteiger partial charge in [0.15, 0.2) is 0 Å². The van der Waals surface area contributed by atoms with Crippen LogP contribution < -0.4 is 5.32 Å². The summed E-state index contributed by atoms with van der Waals surface area (Å²) in [6.07, 6.45) is 0. The summed E-state index contributed by atoms with van der Waals surface area (Å²) in [5.74, 6) is 0.481. The maximum atomic E-state index is 13.3. The highest BCUT2D eigenvalue weighted by molar-refractivity contribution is 5.23. The van der Waals surface area contributed by atoms with Crippen molar-refractivity contribution in [1.82, 2.24) is 5.32 Å². The van der Waals surface area contributed by atoms with Gasteiger partial charge in [0, 0.05) is 12.1 Å². The normalized spacial score (nSPS) is 10.9. The standard InChI is InChI=1S/C12H18FN/c1-9(2)7-14-8-11-6-10(3)4-5-12(11)13/h4-6,9,14H,7-8H2,1-3H3. The first-order chi connectivity index (χ1) is 6.59. The Balaban J connectivity index is 2.53. The van der Waals surface area contributed by atoms with Crippen molar-refractivity contribution in [2.45, 2.75) is 27.3 Å². The summed E-state index contributed by atoms with van der Waals surface area (Å²) in [5.41, 5.74) is 1.86. The van der Waals surface area contributed by atoms with Crippen LogP contribution in [0.2, 0.25) is 0 Å². The Kier molecular flexibility index (Phi) is 4.08. The van der Waals surface area contributed by atoms with Gasteiger partial charge in [-0.3, -0.25) is 0 Å². The van der Waals surface area contributed by atoms with Crippen LogP contribution >= 0.6 is 0 Å². The molecule has 0 heterocycles. The van der Waals surface area contributed by atoms with E-state index < -0.39 is 0 Å². The van der Waals surface area contributed by atoms with Crippen LogP contribution in [0, 0.1) is 18.7 Å². The molecular weight excluding hydrogens is 177 g/mol. The van der Waals surface area contributed by atoms with Gasteiger partial charge in [-0.05, 0) is 25.5 Å². The Hall–Kier alpha value is -0.890. The molecule has 14 heavy (non-hydrogen) atoms. The van der Waals surface area contributed by atoms with E-state index in [-0.39, 0.29) is 5.82 Å². The van der Waals surface area contributed by atoms with E-state index in [9.17, 15) is 4.39 Å². The second kappa shape index (κ2) is 5.11. The van der Waals surface area contributed by atoms with Gasteiger partial charge in [-0.2, -0.15) is 0 Å². The molecule has 1 aromatic rings. The predicted octanol–water partition coefficient (Wildman–Crippen LogP) is 2.88. The molecule has 0 aliphatic heterocycles. The highest BCUT2D eigenvalue weighted by Crippen LogP contribution is 2.09. The van der Waals surface area contributed by atoms with Crippen molar-refractivity contribution in [3.8, 4) is 0 Å². The molecule has 0 aliphatic rings. The Morgan fingerprint density at radius 2 is 2.07 bits per heavy atom. The first-order valence-corrected chi connectivity index (χ1v) is 5.05. The van der Waals surface area contributed by atoms with E-state index >= 15 is 0 Å². The van der Waals surface area contributed by atoms with E-state index in [1.54, 1.807) is 6.07 Å². The van der Waals surface area contributed by atoms with Crippen LogP contribution in [0.4, 0.5) is 4.39 Å². The lowest BCUT2D eigenvalue weighted by Gasteiger charge is -2.08. The van der Waals surface area contributed by atoms with Crippen LogP contribution in [0.3, 0.4) is 0 Å². The highest BCUT2D eigenvalue weighted by atomic mass is 19.1. The molecule has 0 atom stereocenters. The number of rotatable bonds is 4. The van der Waals surface area contributed by atoms with Crippen LogP contribution in [-0.2, 0) is 6.54 Å². The van der Waals surface area contributed by atoms with Gasteiger partial charge >= 0.3 is 0 Å². The van der Waals surface area contributed by atoms with Gasteiger partial charge in [-0.25, -0.2) is 4.39 Å².